The molecule has 0 heterocycles. The number of ether oxygens (including phenoxy) is 1. The number of carboxylic acid groups (broad SMARTS) is 1. The van der Waals surface area contributed by atoms with Crippen LogP contribution in [-0.4, -0.2) is 27.3 Å². The van der Waals surface area contributed by atoms with Gasteiger partial charge in [-0.05, 0) is 119 Å². The smallest absolute Gasteiger partial charge is 0.343 e. The minimum absolute atomic E-state index is 0.0182. The molecule has 5 N–H and O–H groups in total. The number of carbonyl (C=O) groups is 2. The molecule has 340 valence electrons. The zero-order valence-electron chi connectivity index (χ0n) is 37.3. The lowest BCUT2D eigenvalue weighted by Gasteiger charge is -2.16. The Morgan fingerprint density at radius 3 is 1.51 bits per heavy atom. The summed E-state index contributed by atoms with van der Waals surface area (Å²) in [5.41, 5.74) is 7.16. The summed E-state index contributed by atoms with van der Waals surface area (Å²) in [6, 6.07) is 59.9. The lowest BCUT2D eigenvalue weighted by molar-refractivity contribution is 0.0694. The van der Waals surface area contributed by atoms with Gasteiger partial charge in [-0.1, -0.05) is 103 Å². The molecule has 0 aromatic heterocycles. The van der Waals surface area contributed by atoms with Gasteiger partial charge in [0, 0.05) is 57.1 Å². The number of anilines is 2. The first-order valence-electron chi connectivity index (χ1n) is 22.4. The van der Waals surface area contributed by atoms with Crippen LogP contribution < -0.4 is 15.4 Å². The second-order valence-corrected chi connectivity index (χ2v) is 16.4. The Kier molecular flexibility index (Phi) is 12.4. The standard InChI is InChI=1S/C58H42N6O6/c65-42-23-13-36(14-24-42)34-59-50-28-30-52(47-11-5-3-9-45(47)50)62-61-41-21-17-39(18-22-41)58(69)70-55-32-20-38-7-1-2-8-44(38)56(55)49-33-40(57(67)68)19-27-54(49)64-63-53-31-29-51(46-10-4-6-12-48(46)53)60-35-37-15-25-43(66)26-16-37/h1-33,59-60,65-66H,34-35H2,(H,67,68). The molecule has 0 amide bonds. The Hall–Kier alpha value is -9.68. The average Bonchev–Trinajstić information content (AvgIpc) is 3.39. The molecule has 0 fully saturated rings. The molecule has 70 heavy (non-hydrogen) atoms. The van der Waals surface area contributed by atoms with Crippen LogP contribution >= 0.6 is 0 Å². The lowest BCUT2D eigenvalue weighted by atomic mass is 9.94. The number of carbonyl (C=O) groups excluding carboxylic acids is 1. The molecular weight excluding hydrogens is 877 g/mol. The SMILES string of the molecule is O=C(O)c1ccc(N=Nc2ccc(NCc3ccc(O)cc3)c3ccccc23)c(-c2c(OC(=O)c3ccc(N=Nc4ccc(NCc5ccc(O)cc5)c5ccccc45)cc3)ccc3ccccc23)c1. The van der Waals surface area contributed by atoms with Crippen LogP contribution in [0.15, 0.2) is 221 Å². The van der Waals surface area contributed by atoms with Gasteiger partial charge in [-0.2, -0.15) is 5.11 Å². The molecule has 12 heteroatoms. The van der Waals surface area contributed by atoms with Crippen LogP contribution in [0, 0.1) is 0 Å². The van der Waals surface area contributed by atoms with E-state index >= 15 is 0 Å². The quantitative estimate of drug-likeness (QED) is 0.0406. The zero-order valence-corrected chi connectivity index (χ0v) is 37.3. The van der Waals surface area contributed by atoms with Crippen LogP contribution in [0.2, 0.25) is 0 Å². The molecule has 0 bridgehead atoms. The van der Waals surface area contributed by atoms with Crippen LogP contribution in [0.5, 0.6) is 17.2 Å². The summed E-state index contributed by atoms with van der Waals surface area (Å²) in [4.78, 5) is 26.4. The van der Waals surface area contributed by atoms with Gasteiger partial charge in [-0.15, -0.1) is 15.3 Å². The first-order valence-corrected chi connectivity index (χ1v) is 22.4. The molecule has 0 aliphatic carbocycles. The number of aromatic hydroxyl groups is 2. The summed E-state index contributed by atoms with van der Waals surface area (Å²) in [6.45, 7) is 1.11. The maximum Gasteiger partial charge on any atom is 0.343 e. The van der Waals surface area contributed by atoms with E-state index in [1.165, 1.54) is 12.1 Å². The van der Waals surface area contributed by atoms with Gasteiger partial charge in [-0.25, -0.2) is 9.59 Å². The van der Waals surface area contributed by atoms with Crippen LogP contribution in [0.1, 0.15) is 31.8 Å². The number of fused-ring (bicyclic) bond motifs is 3. The second-order valence-electron chi connectivity index (χ2n) is 16.4. The van der Waals surface area contributed by atoms with Crippen molar-refractivity contribution in [2.75, 3.05) is 10.6 Å². The summed E-state index contributed by atoms with van der Waals surface area (Å²) in [5.74, 6) is -1.14. The molecule has 10 aromatic rings. The Balaban J connectivity index is 0.920. The number of hydrogen-bond donors (Lipinski definition) is 5. The van der Waals surface area contributed by atoms with Gasteiger partial charge >= 0.3 is 11.9 Å². The number of nitrogens with one attached hydrogen (secondary N) is 2. The van der Waals surface area contributed by atoms with Crippen molar-refractivity contribution < 1.29 is 29.6 Å². The number of nitrogens with zero attached hydrogens (tertiary/aromatic N) is 4. The van der Waals surface area contributed by atoms with Crippen molar-refractivity contribution in [3.63, 3.8) is 0 Å². The van der Waals surface area contributed by atoms with E-state index in [1.807, 2.05) is 127 Å². The highest BCUT2D eigenvalue weighted by Crippen LogP contribution is 2.44. The largest absolute Gasteiger partial charge is 0.508 e. The fourth-order valence-electron chi connectivity index (χ4n) is 8.28. The number of hydrogen-bond acceptors (Lipinski definition) is 11. The number of esters is 1. The third-order valence-corrected chi connectivity index (χ3v) is 11.9. The zero-order chi connectivity index (χ0) is 48.0. The molecule has 10 rings (SSSR count). The topological polar surface area (TPSA) is 178 Å². The first-order chi connectivity index (χ1) is 34.2. The van der Waals surface area contributed by atoms with E-state index in [0.29, 0.717) is 52.4 Å². The fraction of sp³-hybridized carbons (Fsp3) is 0.0345. The second kappa shape index (κ2) is 19.7. The van der Waals surface area contributed by atoms with Gasteiger partial charge in [-0.3, -0.25) is 0 Å². The highest BCUT2D eigenvalue weighted by atomic mass is 16.5. The van der Waals surface area contributed by atoms with Crippen molar-refractivity contribution in [1.29, 1.82) is 0 Å². The maximum absolute atomic E-state index is 14.0. The van der Waals surface area contributed by atoms with Crippen molar-refractivity contribution >= 4 is 78.4 Å². The summed E-state index contributed by atoms with van der Waals surface area (Å²) < 4.78 is 6.18. The van der Waals surface area contributed by atoms with Crippen LogP contribution in [0.3, 0.4) is 0 Å². The van der Waals surface area contributed by atoms with E-state index in [0.717, 1.165) is 49.4 Å². The number of benzene rings is 10. The number of aromatic carboxylic acids is 1. The highest BCUT2D eigenvalue weighted by Gasteiger charge is 2.21. The summed E-state index contributed by atoms with van der Waals surface area (Å²) in [5, 5.41) is 60.2. The third kappa shape index (κ3) is 9.59. The van der Waals surface area contributed by atoms with Crippen molar-refractivity contribution in [2.24, 2.45) is 20.5 Å². The molecule has 0 radical (unpaired) electrons. The van der Waals surface area contributed by atoms with E-state index in [4.69, 9.17) is 15.0 Å². The maximum atomic E-state index is 14.0. The predicted molar refractivity (Wildman–Crippen MR) is 275 cm³/mol. The van der Waals surface area contributed by atoms with Gasteiger partial charge < -0.3 is 30.7 Å². The first kappa shape index (κ1) is 44.2. The lowest BCUT2D eigenvalue weighted by Crippen LogP contribution is -2.09. The minimum Gasteiger partial charge on any atom is -0.508 e. The number of azo groups is 2. The molecule has 10 aromatic carbocycles. The van der Waals surface area contributed by atoms with Crippen molar-refractivity contribution in [1.82, 2.24) is 0 Å². The van der Waals surface area contributed by atoms with Gasteiger partial charge in [0.15, 0.2) is 0 Å². The monoisotopic (exact) mass is 918 g/mol. The number of carboxylic acids is 1. The Bertz CT molecular complexity index is 3650. The van der Waals surface area contributed by atoms with E-state index in [2.05, 4.69) is 20.9 Å². The van der Waals surface area contributed by atoms with Crippen LogP contribution in [-0.2, 0) is 13.1 Å². The predicted octanol–water partition coefficient (Wildman–Crippen LogP) is 15.2. The molecular formula is C58H42N6O6. The van der Waals surface area contributed by atoms with Gasteiger partial charge in [0.1, 0.15) is 17.2 Å². The molecule has 0 aliphatic heterocycles. The molecule has 0 aliphatic rings. The molecule has 0 saturated heterocycles. The molecule has 0 atom stereocenters. The van der Waals surface area contributed by atoms with Crippen LogP contribution in [0.25, 0.3) is 43.4 Å². The Labute approximate surface area is 401 Å². The number of phenols is 2. The third-order valence-electron chi connectivity index (χ3n) is 11.9. The van der Waals surface area contributed by atoms with Gasteiger partial charge in [0.2, 0.25) is 0 Å². The molecule has 0 saturated carbocycles. The average molecular weight is 919 g/mol. The molecule has 0 unspecified atom stereocenters. The summed E-state index contributed by atoms with van der Waals surface area (Å²) in [7, 11) is 0. The van der Waals surface area contributed by atoms with Crippen molar-refractivity contribution in [3.8, 4) is 28.4 Å². The Morgan fingerprint density at radius 2 is 0.943 bits per heavy atom. The van der Waals surface area contributed by atoms with E-state index in [1.54, 1.807) is 60.7 Å². The van der Waals surface area contributed by atoms with Gasteiger partial charge in [0.25, 0.3) is 0 Å². The number of rotatable bonds is 14. The van der Waals surface area contributed by atoms with Crippen LogP contribution in [0.4, 0.5) is 34.1 Å². The van der Waals surface area contributed by atoms with E-state index in [-0.39, 0.29) is 28.4 Å². The molecule has 0 spiro atoms. The summed E-state index contributed by atoms with van der Waals surface area (Å²) in [6.07, 6.45) is 0. The minimum atomic E-state index is -1.13. The number of phenolic OH excluding ortho intramolecular Hbond substituents is 2. The van der Waals surface area contributed by atoms with E-state index in [9.17, 15) is 24.9 Å². The van der Waals surface area contributed by atoms with Crippen molar-refractivity contribution in [2.45, 2.75) is 13.1 Å². The van der Waals surface area contributed by atoms with Gasteiger partial charge in [0.05, 0.1) is 33.9 Å². The normalized spacial score (nSPS) is 11.4. The highest BCUT2D eigenvalue weighted by molar-refractivity contribution is 6.06. The van der Waals surface area contributed by atoms with Crippen molar-refractivity contribution in [3.05, 3.63) is 222 Å². The Morgan fingerprint density at radius 1 is 0.457 bits per heavy atom. The molecule has 12 nitrogen and oxygen atoms in total. The summed E-state index contributed by atoms with van der Waals surface area (Å²) >= 11 is 0. The fourth-order valence-corrected chi connectivity index (χ4v) is 8.28. The van der Waals surface area contributed by atoms with E-state index < -0.39 is 11.9 Å².